The summed E-state index contributed by atoms with van der Waals surface area (Å²) in [4.78, 5) is 1.35. The zero-order valence-electron chi connectivity index (χ0n) is 12.1. The summed E-state index contributed by atoms with van der Waals surface area (Å²) in [6, 6.07) is 4.53. The number of thiophene rings is 1. The fourth-order valence-corrected chi connectivity index (χ4v) is 4.01. The van der Waals surface area contributed by atoms with E-state index in [2.05, 4.69) is 52.4 Å². The Bertz CT molecular complexity index is 576. The number of hydrogen-bond acceptors (Lipinski definition) is 4. The molecule has 0 aliphatic rings. The Kier molecular flexibility index (Phi) is 5.37. The van der Waals surface area contributed by atoms with E-state index in [1.165, 1.54) is 19.9 Å². The van der Waals surface area contributed by atoms with Crippen molar-refractivity contribution in [2.45, 2.75) is 39.2 Å². The Balaban J connectivity index is 1.97. The Morgan fingerprint density at radius 3 is 2.70 bits per heavy atom. The lowest BCUT2D eigenvalue weighted by molar-refractivity contribution is 0.493. The van der Waals surface area contributed by atoms with Gasteiger partial charge in [-0.15, -0.1) is 11.3 Å². The van der Waals surface area contributed by atoms with Gasteiger partial charge in [0.15, 0.2) is 0 Å². The molecular formula is C14H21BrN4S. The smallest absolute Gasteiger partial charge is 0.0701 e. The number of nitrogens with zero attached hydrogens (tertiary/aromatic N) is 2. The minimum absolute atomic E-state index is 0.291. The van der Waals surface area contributed by atoms with Gasteiger partial charge < -0.3 is 0 Å². The molecule has 6 heteroatoms. The van der Waals surface area contributed by atoms with Crippen LogP contribution < -0.4 is 11.3 Å². The third kappa shape index (κ3) is 3.69. The Hall–Kier alpha value is -0.690. The second-order valence-corrected chi connectivity index (χ2v) is 7.63. The number of aromatic nitrogens is 2. The van der Waals surface area contributed by atoms with Crippen LogP contribution in [0.25, 0.3) is 0 Å². The molecule has 1 unspecified atom stereocenters. The molecule has 0 saturated heterocycles. The largest absolute Gasteiger partial charge is 0.272 e. The zero-order valence-corrected chi connectivity index (χ0v) is 14.5. The predicted octanol–water partition coefficient (Wildman–Crippen LogP) is 2.87. The summed E-state index contributed by atoms with van der Waals surface area (Å²) in [7, 11) is 1.99. The summed E-state index contributed by atoms with van der Waals surface area (Å²) in [6.07, 6.45) is 2.98. The van der Waals surface area contributed by atoms with E-state index in [1.807, 2.05) is 11.7 Å². The average molecular weight is 357 g/mol. The molecule has 0 radical (unpaired) electrons. The monoisotopic (exact) mass is 356 g/mol. The van der Waals surface area contributed by atoms with E-state index < -0.39 is 0 Å². The molecule has 20 heavy (non-hydrogen) atoms. The van der Waals surface area contributed by atoms with Crippen LogP contribution in [0.1, 0.15) is 28.2 Å². The van der Waals surface area contributed by atoms with Crippen molar-refractivity contribution in [1.82, 2.24) is 15.2 Å². The van der Waals surface area contributed by atoms with E-state index in [0.29, 0.717) is 6.04 Å². The number of hydrogen-bond donors (Lipinski definition) is 2. The van der Waals surface area contributed by atoms with Gasteiger partial charge in [-0.25, -0.2) is 0 Å². The van der Waals surface area contributed by atoms with Crippen molar-refractivity contribution in [3.63, 3.8) is 0 Å². The van der Waals surface area contributed by atoms with Gasteiger partial charge in [-0.2, -0.15) is 5.10 Å². The van der Waals surface area contributed by atoms with E-state index in [1.54, 1.807) is 11.3 Å². The summed E-state index contributed by atoms with van der Waals surface area (Å²) in [5, 5.41) is 4.46. The van der Waals surface area contributed by atoms with E-state index >= 15 is 0 Å². The topological polar surface area (TPSA) is 55.9 Å². The quantitative estimate of drug-likeness (QED) is 0.617. The summed E-state index contributed by atoms with van der Waals surface area (Å²) >= 11 is 5.27. The number of hydrazine groups is 1. The fraction of sp³-hybridized carbons (Fsp3) is 0.500. The first-order valence-electron chi connectivity index (χ1n) is 6.70. The second-order valence-electron chi connectivity index (χ2n) is 5.09. The van der Waals surface area contributed by atoms with Gasteiger partial charge in [0.1, 0.15) is 0 Å². The zero-order chi connectivity index (χ0) is 14.7. The molecule has 0 saturated carbocycles. The molecule has 0 aliphatic carbocycles. The van der Waals surface area contributed by atoms with Gasteiger partial charge in [0.05, 0.1) is 9.48 Å². The standard InChI is InChI=1S/C14H21BrN4S/c1-9-13(10(2)19(3)18-9)6-4-11(17-16)8-12-5-7-14(15)20-12/h5,7,11,17H,4,6,8,16H2,1-3H3. The number of aryl methyl sites for hydroxylation is 2. The van der Waals surface area contributed by atoms with Crippen LogP contribution in [0.4, 0.5) is 0 Å². The number of rotatable bonds is 6. The van der Waals surface area contributed by atoms with Crippen molar-refractivity contribution in [3.05, 3.63) is 37.7 Å². The van der Waals surface area contributed by atoms with E-state index in [4.69, 9.17) is 5.84 Å². The molecule has 110 valence electrons. The van der Waals surface area contributed by atoms with E-state index in [0.717, 1.165) is 25.0 Å². The molecule has 2 rings (SSSR count). The normalized spacial score (nSPS) is 12.8. The highest BCUT2D eigenvalue weighted by Crippen LogP contribution is 2.24. The van der Waals surface area contributed by atoms with Crippen LogP contribution in [0, 0.1) is 13.8 Å². The third-order valence-corrected chi connectivity index (χ3v) is 5.36. The van der Waals surface area contributed by atoms with E-state index in [-0.39, 0.29) is 0 Å². The Morgan fingerprint density at radius 2 is 2.20 bits per heavy atom. The van der Waals surface area contributed by atoms with Gasteiger partial charge in [-0.05, 0) is 66.7 Å². The molecule has 0 bridgehead atoms. The first-order chi connectivity index (χ1) is 9.51. The molecule has 0 aromatic carbocycles. The van der Waals surface area contributed by atoms with Crippen LogP contribution in [0.15, 0.2) is 15.9 Å². The Morgan fingerprint density at radius 1 is 1.45 bits per heavy atom. The molecule has 2 aromatic heterocycles. The van der Waals surface area contributed by atoms with Crippen molar-refractivity contribution in [2.24, 2.45) is 12.9 Å². The molecule has 1 atom stereocenters. The fourth-order valence-electron chi connectivity index (χ4n) is 2.45. The van der Waals surface area contributed by atoms with Crippen molar-refractivity contribution in [1.29, 1.82) is 0 Å². The minimum Gasteiger partial charge on any atom is -0.272 e. The summed E-state index contributed by atoms with van der Waals surface area (Å²) in [5.74, 6) is 5.69. The number of halogens is 1. The van der Waals surface area contributed by atoms with Crippen LogP contribution >= 0.6 is 27.3 Å². The molecule has 0 spiro atoms. The molecular weight excluding hydrogens is 336 g/mol. The highest BCUT2D eigenvalue weighted by atomic mass is 79.9. The summed E-state index contributed by atoms with van der Waals surface area (Å²) < 4.78 is 3.12. The molecule has 3 N–H and O–H groups in total. The number of nitrogens with one attached hydrogen (secondary N) is 1. The van der Waals surface area contributed by atoms with Crippen LogP contribution in [-0.4, -0.2) is 15.8 Å². The maximum absolute atomic E-state index is 5.69. The van der Waals surface area contributed by atoms with Gasteiger partial charge in [0.25, 0.3) is 0 Å². The predicted molar refractivity (Wildman–Crippen MR) is 87.8 cm³/mol. The highest BCUT2D eigenvalue weighted by Gasteiger charge is 2.14. The first kappa shape index (κ1) is 15.7. The SMILES string of the molecule is Cc1nn(C)c(C)c1CCC(Cc1ccc(Br)s1)NN. The lowest BCUT2D eigenvalue weighted by atomic mass is 10.0. The molecule has 2 heterocycles. The van der Waals surface area contributed by atoms with Crippen LogP contribution in [0.5, 0.6) is 0 Å². The van der Waals surface area contributed by atoms with Crippen LogP contribution in [-0.2, 0) is 19.9 Å². The van der Waals surface area contributed by atoms with E-state index in [9.17, 15) is 0 Å². The lowest BCUT2D eigenvalue weighted by Crippen LogP contribution is -2.37. The molecule has 2 aromatic rings. The van der Waals surface area contributed by atoms with Crippen molar-refractivity contribution in [3.8, 4) is 0 Å². The van der Waals surface area contributed by atoms with Gasteiger partial charge >= 0.3 is 0 Å². The van der Waals surface area contributed by atoms with Gasteiger partial charge in [-0.3, -0.25) is 16.0 Å². The highest BCUT2D eigenvalue weighted by molar-refractivity contribution is 9.11. The lowest BCUT2D eigenvalue weighted by Gasteiger charge is -2.15. The van der Waals surface area contributed by atoms with Gasteiger partial charge in [0, 0.05) is 23.7 Å². The summed E-state index contributed by atoms with van der Waals surface area (Å²) in [6.45, 7) is 4.19. The average Bonchev–Trinajstić information content (AvgIpc) is 2.91. The minimum atomic E-state index is 0.291. The molecule has 4 nitrogen and oxygen atoms in total. The molecule has 0 aliphatic heterocycles. The van der Waals surface area contributed by atoms with Crippen molar-refractivity contribution >= 4 is 27.3 Å². The second kappa shape index (κ2) is 6.85. The van der Waals surface area contributed by atoms with Gasteiger partial charge in [-0.1, -0.05) is 0 Å². The van der Waals surface area contributed by atoms with Gasteiger partial charge in [0.2, 0.25) is 0 Å². The maximum atomic E-state index is 5.69. The Labute approximate surface area is 132 Å². The van der Waals surface area contributed by atoms with Crippen LogP contribution in [0.3, 0.4) is 0 Å². The summed E-state index contributed by atoms with van der Waals surface area (Å²) in [5.41, 5.74) is 6.66. The van der Waals surface area contributed by atoms with Crippen molar-refractivity contribution in [2.75, 3.05) is 0 Å². The third-order valence-electron chi connectivity index (χ3n) is 3.71. The maximum Gasteiger partial charge on any atom is 0.0701 e. The molecule has 0 fully saturated rings. The number of nitrogens with two attached hydrogens (primary N) is 1. The van der Waals surface area contributed by atoms with Crippen LogP contribution in [0.2, 0.25) is 0 Å². The first-order valence-corrected chi connectivity index (χ1v) is 8.31. The van der Waals surface area contributed by atoms with Crippen molar-refractivity contribution < 1.29 is 0 Å². The molecule has 0 amide bonds.